The van der Waals surface area contributed by atoms with E-state index in [1.165, 1.54) is 0 Å². The molecule has 0 fully saturated rings. The van der Waals surface area contributed by atoms with Crippen LogP contribution in [-0.4, -0.2) is 36.4 Å². The lowest BCUT2D eigenvalue weighted by molar-refractivity contribution is 0.0663. The number of hydrogen-bond acceptors (Lipinski definition) is 4. The van der Waals surface area contributed by atoms with Crippen molar-refractivity contribution >= 4 is 0 Å². The van der Waals surface area contributed by atoms with Crippen molar-refractivity contribution in [3.8, 4) is 17.1 Å². The molecular formula is C20H26N4O2. The van der Waals surface area contributed by atoms with Crippen LogP contribution in [0.25, 0.3) is 11.4 Å². The zero-order valence-corrected chi connectivity index (χ0v) is 15.4. The molecule has 2 heterocycles. The summed E-state index contributed by atoms with van der Waals surface area (Å²) in [6.07, 6.45) is 10.9. The summed E-state index contributed by atoms with van der Waals surface area (Å²) in [5.74, 6) is 1.73. The van der Waals surface area contributed by atoms with Gasteiger partial charge in [-0.05, 0) is 38.8 Å². The van der Waals surface area contributed by atoms with E-state index in [4.69, 9.17) is 4.74 Å². The predicted molar refractivity (Wildman–Crippen MR) is 101 cm³/mol. The molecule has 1 aromatic carbocycles. The second-order valence-corrected chi connectivity index (χ2v) is 7.04. The van der Waals surface area contributed by atoms with E-state index in [9.17, 15) is 5.11 Å². The van der Waals surface area contributed by atoms with Crippen molar-refractivity contribution in [1.29, 1.82) is 0 Å². The van der Waals surface area contributed by atoms with E-state index in [1.54, 1.807) is 12.4 Å². The molecule has 6 heteroatoms. The molecule has 0 aliphatic rings. The number of imidazole rings is 2. The second-order valence-electron chi connectivity index (χ2n) is 7.04. The highest BCUT2D eigenvalue weighted by Crippen LogP contribution is 2.23. The van der Waals surface area contributed by atoms with Gasteiger partial charge < -0.3 is 19.0 Å². The van der Waals surface area contributed by atoms with E-state index in [-0.39, 0.29) is 0 Å². The first-order valence-electron chi connectivity index (χ1n) is 8.94. The molecule has 0 spiro atoms. The second kappa shape index (κ2) is 8.19. The fraction of sp³-hybridized carbons (Fsp3) is 0.400. The van der Waals surface area contributed by atoms with Crippen molar-refractivity contribution in [2.75, 3.05) is 6.61 Å². The molecule has 2 aromatic heterocycles. The summed E-state index contributed by atoms with van der Waals surface area (Å²) in [5.41, 5.74) is 0.319. The topological polar surface area (TPSA) is 65.1 Å². The van der Waals surface area contributed by atoms with E-state index >= 15 is 0 Å². The van der Waals surface area contributed by atoms with Crippen molar-refractivity contribution < 1.29 is 9.84 Å². The number of rotatable bonds is 9. The molecular weight excluding hydrogens is 328 g/mol. The van der Waals surface area contributed by atoms with Crippen molar-refractivity contribution in [3.05, 3.63) is 55.4 Å². The fourth-order valence-electron chi connectivity index (χ4n) is 2.73. The van der Waals surface area contributed by atoms with Crippen molar-refractivity contribution in [2.45, 2.75) is 45.4 Å². The van der Waals surface area contributed by atoms with Crippen molar-refractivity contribution in [2.24, 2.45) is 0 Å². The minimum atomic E-state index is -0.693. The molecule has 0 bridgehead atoms. The number of ether oxygens (including phenoxy) is 1. The van der Waals surface area contributed by atoms with Gasteiger partial charge in [0.05, 0.1) is 18.5 Å². The predicted octanol–water partition coefficient (Wildman–Crippen LogP) is 3.38. The van der Waals surface area contributed by atoms with E-state index < -0.39 is 5.60 Å². The monoisotopic (exact) mass is 354 g/mol. The van der Waals surface area contributed by atoms with Gasteiger partial charge in [0.2, 0.25) is 0 Å². The van der Waals surface area contributed by atoms with Gasteiger partial charge in [0, 0.05) is 43.4 Å². The van der Waals surface area contributed by atoms with Crippen LogP contribution < -0.4 is 4.74 Å². The number of aliphatic hydroxyl groups is 1. The standard InChI is InChI=1S/C20H26N4O2/c1-20(2,25)7-11-24-13-9-22-19(24)17-5-3-6-18(15-17)26-14-4-10-23-12-8-21-16-23/h3,5-6,8-9,12-13,15-16,25H,4,7,10-11,14H2,1-2H3. The van der Waals surface area contributed by atoms with Gasteiger partial charge in [0.1, 0.15) is 11.6 Å². The quantitative estimate of drug-likeness (QED) is 0.598. The van der Waals surface area contributed by atoms with E-state index in [2.05, 4.69) is 14.5 Å². The Morgan fingerprint density at radius 1 is 1.15 bits per heavy atom. The minimum Gasteiger partial charge on any atom is -0.494 e. The van der Waals surface area contributed by atoms with Crippen LogP contribution in [0.1, 0.15) is 26.7 Å². The summed E-state index contributed by atoms with van der Waals surface area (Å²) < 4.78 is 9.99. The summed E-state index contributed by atoms with van der Waals surface area (Å²) in [6.45, 7) is 5.90. The summed E-state index contributed by atoms with van der Waals surface area (Å²) in [5, 5.41) is 9.95. The Bertz CT molecular complexity index is 803. The molecule has 26 heavy (non-hydrogen) atoms. The molecule has 0 atom stereocenters. The molecule has 0 saturated carbocycles. The Labute approximate surface area is 154 Å². The molecule has 0 unspecified atom stereocenters. The van der Waals surface area contributed by atoms with Crippen LogP contribution >= 0.6 is 0 Å². The van der Waals surface area contributed by atoms with Crippen LogP contribution in [0.2, 0.25) is 0 Å². The molecule has 0 amide bonds. The average Bonchev–Trinajstić information content (AvgIpc) is 3.28. The summed E-state index contributed by atoms with van der Waals surface area (Å²) >= 11 is 0. The fourth-order valence-corrected chi connectivity index (χ4v) is 2.73. The third-order valence-corrected chi connectivity index (χ3v) is 4.16. The Morgan fingerprint density at radius 3 is 2.81 bits per heavy atom. The van der Waals surface area contributed by atoms with Crippen molar-refractivity contribution in [1.82, 2.24) is 19.1 Å². The van der Waals surface area contributed by atoms with Gasteiger partial charge >= 0.3 is 0 Å². The van der Waals surface area contributed by atoms with Crippen LogP contribution in [-0.2, 0) is 13.1 Å². The van der Waals surface area contributed by atoms with Crippen LogP contribution in [0, 0.1) is 0 Å². The highest BCUT2D eigenvalue weighted by molar-refractivity contribution is 5.58. The lowest BCUT2D eigenvalue weighted by Crippen LogP contribution is -2.21. The largest absolute Gasteiger partial charge is 0.494 e. The zero-order chi connectivity index (χ0) is 18.4. The van der Waals surface area contributed by atoms with Gasteiger partial charge in [-0.15, -0.1) is 0 Å². The average molecular weight is 354 g/mol. The normalized spacial score (nSPS) is 11.7. The molecule has 3 rings (SSSR count). The van der Waals surface area contributed by atoms with Gasteiger partial charge in [-0.3, -0.25) is 0 Å². The van der Waals surface area contributed by atoms with Crippen LogP contribution in [0.5, 0.6) is 5.75 Å². The molecule has 0 saturated heterocycles. The summed E-state index contributed by atoms with van der Waals surface area (Å²) in [4.78, 5) is 8.51. The van der Waals surface area contributed by atoms with Gasteiger partial charge in [-0.25, -0.2) is 9.97 Å². The molecule has 1 N–H and O–H groups in total. The first kappa shape index (κ1) is 18.2. The number of aromatic nitrogens is 4. The van der Waals surface area contributed by atoms with Crippen molar-refractivity contribution in [3.63, 3.8) is 0 Å². The van der Waals surface area contributed by atoms with Gasteiger partial charge in [-0.2, -0.15) is 0 Å². The minimum absolute atomic E-state index is 0.648. The van der Waals surface area contributed by atoms with E-state index in [1.807, 2.05) is 61.4 Å². The number of nitrogens with zero attached hydrogens (tertiary/aromatic N) is 4. The molecule has 0 radical (unpaired) electrons. The maximum atomic E-state index is 9.95. The number of benzene rings is 1. The molecule has 0 aliphatic carbocycles. The van der Waals surface area contributed by atoms with Crippen LogP contribution in [0.15, 0.2) is 55.4 Å². The third-order valence-electron chi connectivity index (χ3n) is 4.16. The lowest BCUT2D eigenvalue weighted by Gasteiger charge is -2.18. The smallest absolute Gasteiger partial charge is 0.140 e. The Morgan fingerprint density at radius 2 is 2.04 bits per heavy atom. The van der Waals surface area contributed by atoms with Crippen LogP contribution in [0.3, 0.4) is 0 Å². The third kappa shape index (κ3) is 5.20. The summed E-state index contributed by atoms with van der Waals surface area (Å²) in [6, 6.07) is 7.99. The Balaban J connectivity index is 1.59. The van der Waals surface area contributed by atoms with Crippen LogP contribution in [0.4, 0.5) is 0 Å². The summed E-state index contributed by atoms with van der Waals surface area (Å²) in [7, 11) is 0. The van der Waals surface area contributed by atoms with E-state index in [0.29, 0.717) is 13.0 Å². The highest BCUT2D eigenvalue weighted by Gasteiger charge is 2.14. The zero-order valence-electron chi connectivity index (χ0n) is 15.4. The molecule has 6 nitrogen and oxygen atoms in total. The molecule has 138 valence electrons. The lowest BCUT2D eigenvalue weighted by atomic mass is 10.1. The van der Waals surface area contributed by atoms with Gasteiger partial charge in [0.25, 0.3) is 0 Å². The Kier molecular flexibility index (Phi) is 5.73. The van der Waals surface area contributed by atoms with Gasteiger partial charge in [-0.1, -0.05) is 12.1 Å². The highest BCUT2D eigenvalue weighted by atomic mass is 16.5. The first-order chi connectivity index (χ1) is 12.5. The van der Waals surface area contributed by atoms with Gasteiger partial charge in [0.15, 0.2) is 0 Å². The molecule has 3 aromatic rings. The molecule has 0 aliphatic heterocycles. The Hall–Kier alpha value is -2.60. The number of aryl methyl sites for hydroxylation is 2. The maximum Gasteiger partial charge on any atom is 0.140 e. The first-order valence-corrected chi connectivity index (χ1v) is 8.94. The number of hydrogen-bond donors (Lipinski definition) is 1. The maximum absolute atomic E-state index is 9.95. The van der Waals surface area contributed by atoms with E-state index in [0.717, 1.165) is 36.6 Å². The SMILES string of the molecule is CC(C)(O)CCn1ccnc1-c1cccc(OCCCn2ccnc2)c1.